The number of aromatic carboxylic acids is 1. The van der Waals surface area contributed by atoms with Crippen LogP contribution in [0.4, 0.5) is 0 Å². The minimum absolute atomic E-state index is 0.124. The molecule has 0 bridgehead atoms. The van der Waals surface area contributed by atoms with Crippen molar-refractivity contribution in [2.75, 3.05) is 0 Å². The van der Waals surface area contributed by atoms with Gasteiger partial charge in [0, 0.05) is 9.13 Å². The summed E-state index contributed by atoms with van der Waals surface area (Å²) in [5.41, 5.74) is 0.585. The molecule has 0 fully saturated rings. The number of hydrogen-bond donors (Lipinski definition) is 1. The number of carbonyl (C=O) groups is 2. The number of carboxylic acids is 1. The Bertz CT molecular complexity index is 339. The van der Waals surface area contributed by atoms with Gasteiger partial charge in [0.2, 0.25) is 0 Å². The van der Waals surface area contributed by atoms with Crippen LogP contribution in [-0.2, 0) is 0 Å². The van der Waals surface area contributed by atoms with Gasteiger partial charge in [-0.15, -0.1) is 0 Å². The number of rotatable bonds is 2. The smallest absolute Gasteiger partial charge is 0.335 e. The molecule has 3 nitrogen and oxygen atoms in total. The molecule has 68 valence electrons. The van der Waals surface area contributed by atoms with Crippen molar-refractivity contribution in [3.63, 3.8) is 0 Å². The van der Waals surface area contributed by atoms with Crippen molar-refractivity contribution < 1.29 is 14.7 Å². The Hall–Kier alpha value is -0.910. The van der Waals surface area contributed by atoms with E-state index in [1.54, 1.807) is 6.07 Å². The minimum Gasteiger partial charge on any atom is -0.478 e. The predicted octanol–water partition coefficient (Wildman–Crippen LogP) is 2.19. The van der Waals surface area contributed by atoms with E-state index in [9.17, 15) is 9.59 Å². The molecule has 4 heteroatoms. The van der Waals surface area contributed by atoms with Gasteiger partial charge >= 0.3 is 5.97 Å². The lowest BCUT2D eigenvalue weighted by molar-refractivity contribution is 0.0697. The van der Waals surface area contributed by atoms with Crippen LogP contribution in [0, 0.1) is 3.57 Å². The van der Waals surface area contributed by atoms with Gasteiger partial charge in [-0.25, -0.2) is 4.79 Å². The molecule has 1 aromatic carbocycles. The monoisotopic (exact) mass is 290 g/mol. The quantitative estimate of drug-likeness (QED) is 0.671. The molecule has 0 atom stereocenters. The average Bonchev–Trinajstić information content (AvgIpc) is 2.03. The Kier molecular flexibility index (Phi) is 3.02. The molecular formula is C9H7IO3. The fourth-order valence-electron chi connectivity index (χ4n) is 0.916. The third-order valence-electron chi connectivity index (χ3n) is 1.55. The lowest BCUT2D eigenvalue weighted by atomic mass is 10.1. The van der Waals surface area contributed by atoms with Gasteiger partial charge in [-0.3, -0.25) is 4.79 Å². The minimum atomic E-state index is -1.01. The van der Waals surface area contributed by atoms with Gasteiger partial charge in [-0.05, 0) is 47.7 Å². The zero-order chi connectivity index (χ0) is 10.0. The molecule has 0 aliphatic carbocycles. The second-order valence-corrected chi connectivity index (χ2v) is 3.84. The van der Waals surface area contributed by atoms with Crippen LogP contribution >= 0.6 is 22.6 Å². The van der Waals surface area contributed by atoms with Crippen molar-refractivity contribution in [3.05, 3.63) is 32.9 Å². The topological polar surface area (TPSA) is 54.4 Å². The van der Waals surface area contributed by atoms with Crippen molar-refractivity contribution in [3.8, 4) is 0 Å². The van der Waals surface area contributed by atoms with Crippen LogP contribution in [0.1, 0.15) is 27.6 Å². The Labute approximate surface area is 88.9 Å². The average molecular weight is 290 g/mol. The lowest BCUT2D eigenvalue weighted by Crippen LogP contribution is -2.01. The molecular weight excluding hydrogens is 283 g/mol. The van der Waals surface area contributed by atoms with Gasteiger partial charge in [0.05, 0.1) is 5.56 Å². The number of Topliss-reactive ketones (excluding diaryl/α,β-unsaturated/α-hetero) is 1. The first kappa shape index (κ1) is 10.2. The molecule has 0 aliphatic rings. The van der Waals surface area contributed by atoms with Crippen molar-refractivity contribution >= 4 is 34.3 Å². The Morgan fingerprint density at radius 2 is 1.77 bits per heavy atom. The maximum absolute atomic E-state index is 11.0. The molecule has 0 radical (unpaired) electrons. The molecule has 1 aromatic rings. The lowest BCUT2D eigenvalue weighted by Gasteiger charge is -1.99. The van der Waals surface area contributed by atoms with Crippen LogP contribution in [0.5, 0.6) is 0 Å². The van der Waals surface area contributed by atoms with E-state index < -0.39 is 5.97 Å². The second-order valence-electron chi connectivity index (χ2n) is 2.59. The first-order valence-electron chi connectivity index (χ1n) is 3.55. The first-order valence-corrected chi connectivity index (χ1v) is 4.63. The van der Waals surface area contributed by atoms with Crippen molar-refractivity contribution in [1.82, 2.24) is 0 Å². The number of hydrogen-bond acceptors (Lipinski definition) is 2. The summed E-state index contributed by atoms with van der Waals surface area (Å²) >= 11 is 1.98. The number of halogens is 1. The molecule has 1 rings (SSSR count). The van der Waals surface area contributed by atoms with Crippen LogP contribution < -0.4 is 0 Å². The largest absolute Gasteiger partial charge is 0.478 e. The van der Waals surface area contributed by atoms with Crippen molar-refractivity contribution in [1.29, 1.82) is 0 Å². The molecule has 0 aromatic heterocycles. The van der Waals surface area contributed by atoms with Crippen LogP contribution in [-0.4, -0.2) is 16.9 Å². The van der Waals surface area contributed by atoms with Crippen LogP contribution in [0.3, 0.4) is 0 Å². The van der Waals surface area contributed by atoms with Gasteiger partial charge in [0.1, 0.15) is 0 Å². The maximum atomic E-state index is 11.0. The zero-order valence-electron chi connectivity index (χ0n) is 6.87. The van der Waals surface area contributed by atoms with E-state index in [1.807, 2.05) is 22.6 Å². The van der Waals surface area contributed by atoms with E-state index in [2.05, 4.69) is 0 Å². The number of benzene rings is 1. The summed E-state index contributed by atoms with van der Waals surface area (Å²) in [5.74, 6) is -1.14. The number of carboxylic acid groups (broad SMARTS) is 1. The Morgan fingerprint density at radius 1 is 1.23 bits per heavy atom. The Morgan fingerprint density at radius 3 is 2.23 bits per heavy atom. The fraction of sp³-hybridized carbons (Fsp3) is 0.111. The molecule has 0 aliphatic heterocycles. The predicted molar refractivity (Wildman–Crippen MR) is 56.1 cm³/mol. The molecule has 1 N–H and O–H groups in total. The molecule has 0 spiro atoms. The molecule has 0 saturated heterocycles. The molecule has 0 saturated carbocycles. The highest BCUT2D eigenvalue weighted by Crippen LogP contribution is 2.13. The molecule has 0 heterocycles. The third-order valence-corrected chi connectivity index (χ3v) is 2.17. The summed E-state index contributed by atoms with van der Waals surface area (Å²) in [6.45, 7) is 1.41. The fourth-order valence-corrected chi connectivity index (χ4v) is 1.59. The van der Waals surface area contributed by atoms with Crippen molar-refractivity contribution in [2.45, 2.75) is 6.92 Å². The van der Waals surface area contributed by atoms with E-state index in [1.165, 1.54) is 19.1 Å². The van der Waals surface area contributed by atoms with E-state index in [4.69, 9.17) is 5.11 Å². The van der Waals surface area contributed by atoms with Gasteiger partial charge in [0.15, 0.2) is 5.78 Å². The molecule has 0 amide bonds. The van der Waals surface area contributed by atoms with E-state index in [-0.39, 0.29) is 11.3 Å². The van der Waals surface area contributed by atoms with Gasteiger partial charge in [0.25, 0.3) is 0 Å². The van der Waals surface area contributed by atoms with Crippen LogP contribution in [0.15, 0.2) is 18.2 Å². The van der Waals surface area contributed by atoms with Crippen LogP contribution in [0.2, 0.25) is 0 Å². The summed E-state index contributed by atoms with van der Waals surface area (Å²) in [4.78, 5) is 21.6. The summed E-state index contributed by atoms with van der Waals surface area (Å²) in [5, 5.41) is 8.70. The van der Waals surface area contributed by atoms with E-state index in [0.29, 0.717) is 5.56 Å². The van der Waals surface area contributed by atoms with Gasteiger partial charge in [-0.2, -0.15) is 0 Å². The van der Waals surface area contributed by atoms with Crippen LogP contribution in [0.25, 0.3) is 0 Å². The SMILES string of the molecule is CC(=O)c1cc(I)cc(C(=O)O)c1. The standard InChI is InChI=1S/C9H7IO3/c1-5(11)6-2-7(9(12)13)4-8(10)3-6/h2-4H,1H3,(H,12,13). The Balaban J connectivity index is 3.26. The maximum Gasteiger partial charge on any atom is 0.335 e. The highest BCUT2D eigenvalue weighted by Gasteiger charge is 2.07. The number of carbonyl (C=O) groups excluding carboxylic acids is 1. The summed E-state index contributed by atoms with van der Waals surface area (Å²) in [6, 6.07) is 4.57. The van der Waals surface area contributed by atoms with Gasteiger partial charge in [-0.1, -0.05) is 0 Å². The summed E-state index contributed by atoms with van der Waals surface area (Å²) < 4.78 is 0.753. The van der Waals surface area contributed by atoms with E-state index >= 15 is 0 Å². The molecule has 0 unspecified atom stereocenters. The third kappa shape index (κ3) is 2.51. The highest BCUT2D eigenvalue weighted by molar-refractivity contribution is 14.1. The number of ketones is 1. The first-order chi connectivity index (χ1) is 6.00. The molecule has 13 heavy (non-hydrogen) atoms. The zero-order valence-corrected chi connectivity index (χ0v) is 9.03. The second kappa shape index (κ2) is 3.87. The summed E-state index contributed by atoms with van der Waals surface area (Å²) in [7, 11) is 0. The summed E-state index contributed by atoms with van der Waals surface area (Å²) in [6.07, 6.45) is 0. The van der Waals surface area contributed by atoms with Crippen molar-refractivity contribution in [2.24, 2.45) is 0 Å². The normalized spacial score (nSPS) is 9.69. The van der Waals surface area contributed by atoms with E-state index in [0.717, 1.165) is 3.57 Å². The highest BCUT2D eigenvalue weighted by atomic mass is 127. The van der Waals surface area contributed by atoms with Gasteiger partial charge < -0.3 is 5.11 Å².